The Kier molecular flexibility index (Phi) is 3.09. The molecular weight excluding hydrogens is 168 g/mol. The lowest BCUT2D eigenvalue weighted by atomic mass is 10.1. The highest BCUT2D eigenvalue weighted by atomic mass is 16.6. The van der Waals surface area contributed by atoms with Crippen molar-refractivity contribution in [1.82, 2.24) is 0 Å². The summed E-state index contributed by atoms with van der Waals surface area (Å²) in [7, 11) is 0. The Bertz CT molecular complexity index is 213. The van der Waals surface area contributed by atoms with Crippen LogP contribution in [0.25, 0.3) is 0 Å². The van der Waals surface area contributed by atoms with Gasteiger partial charge in [-0.25, -0.2) is 4.79 Å². The van der Waals surface area contributed by atoms with Gasteiger partial charge in [-0.3, -0.25) is 0 Å². The Morgan fingerprint density at radius 3 is 2.62 bits per heavy atom. The van der Waals surface area contributed by atoms with Gasteiger partial charge in [0.15, 0.2) is 6.10 Å². The highest BCUT2D eigenvalue weighted by Crippen LogP contribution is 2.13. The van der Waals surface area contributed by atoms with Crippen molar-refractivity contribution in [3.8, 4) is 0 Å². The number of hydrogen-bond acceptors (Lipinski definition) is 3. The third-order valence-electron chi connectivity index (χ3n) is 1.58. The van der Waals surface area contributed by atoms with E-state index < -0.39 is 11.7 Å². The lowest BCUT2D eigenvalue weighted by molar-refractivity contribution is -0.168. The van der Waals surface area contributed by atoms with Crippen LogP contribution in [0.4, 0.5) is 0 Å². The fourth-order valence-electron chi connectivity index (χ4n) is 1.06. The van der Waals surface area contributed by atoms with Crippen LogP contribution in [0.5, 0.6) is 0 Å². The van der Waals surface area contributed by atoms with Crippen molar-refractivity contribution in [3.63, 3.8) is 0 Å². The minimum atomic E-state index is -0.429. The second-order valence-corrected chi connectivity index (χ2v) is 4.06. The third kappa shape index (κ3) is 3.59. The van der Waals surface area contributed by atoms with E-state index in [1.165, 1.54) is 0 Å². The van der Waals surface area contributed by atoms with Gasteiger partial charge in [-0.05, 0) is 20.8 Å². The molecule has 0 aromatic heterocycles. The van der Waals surface area contributed by atoms with Crippen LogP contribution in [0, 0.1) is 0 Å². The molecule has 0 unspecified atom stereocenters. The van der Waals surface area contributed by atoms with Gasteiger partial charge >= 0.3 is 5.97 Å². The molecule has 1 rings (SSSR count). The monoisotopic (exact) mass is 184 g/mol. The van der Waals surface area contributed by atoms with Crippen LogP contribution < -0.4 is 0 Å². The van der Waals surface area contributed by atoms with E-state index in [1.807, 2.05) is 32.9 Å². The topological polar surface area (TPSA) is 35.5 Å². The van der Waals surface area contributed by atoms with Gasteiger partial charge in [0, 0.05) is 6.42 Å². The van der Waals surface area contributed by atoms with Gasteiger partial charge in [0.1, 0.15) is 5.60 Å². The lowest BCUT2D eigenvalue weighted by Gasteiger charge is -2.24. The van der Waals surface area contributed by atoms with E-state index in [4.69, 9.17) is 9.47 Å². The smallest absolute Gasteiger partial charge is 0.336 e. The lowest BCUT2D eigenvalue weighted by Crippen LogP contribution is -2.34. The molecular formula is C10H16O3. The summed E-state index contributed by atoms with van der Waals surface area (Å²) < 4.78 is 10.4. The second-order valence-electron chi connectivity index (χ2n) is 4.06. The molecule has 1 aliphatic rings. The Hall–Kier alpha value is -0.830. The van der Waals surface area contributed by atoms with Crippen LogP contribution in [0.2, 0.25) is 0 Å². The number of esters is 1. The summed E-state index contributed by atoms with van der Waals surface area (Å²) >= 11 is 0. The fraction of sp³-hybridized carbons (Fsp3) is 0.700. The van der Waals surface area contributed by atoms with Crippen LogP contribution in [-0.4, -0.2) is 24.3 Å². The molecule has 0 aliphatic carbocycles. The van der Waals surface area contributed by atoms with Crippen LogP contribution in [0.15, 0.2) is 12.2 Å². The van der Waals surface area contributed by atoms with E-state index in [1.54, 1.807) is 0 Å². The molecule has 0 fully saturated rings. The standard InChI is InChI=1S/C10H16O3/c1-10(2,3)13-9(11)8-6-4-5-7-12-8/h4-5,8H,6-7H2,1-3H3/t8-/m1/s1. The summed E-state index contributed by atoms with van der Waals surface area (Å²) in [6.07, 6.45) is 4.05. The van der Waals surface area contributed by atoms with Crippen molar-refractivity contribution >= 4 is 5.97 Å². The summed E-state index contributed by atoms with van der Waals surface area (Å²) in [5, 5.41) is 0. The van der Waals surface area contributed by atoms with E-state index in [2.05, 4.69) is 0 Å². The highest BCUT2D eigenvalue weighted by Gasteiger charge is 2.25. The van der Waals surface area contributed by atoms with Gasteiger partial charge in [-0.2, -0.15) is 0 Å². The molecule has 1 atom stereocenters. The van der Waals surface area contributed by atoms with Gasteiger partial charge in [0.05, 0.1) is 6.61 Å². The van der Waals surface area contributed by atoms with E-state index in [0.717, 1.165) is 0 Å². The summed E-state index contributed by atoms with van der Waals surface area (Å²) in [6.45, 7) is 6.06. The van der Waals surface area contributed by atoms with Crippen LogP contribution >= 0.6 is 0 Å². The molecule has 74 valence electrons. The zero-order valence-corrected chi connectivity index (χ0v) is 8.37. The molecule has 0 bridgehead atoms. The molecule has 3 heteroatoms. The molecule has 0 radical (unpaired) electrons. The second kappa shape index (κ2) is 3.92. The minimum absolute atomic E-state index is 0.267. The predicted octanol–water partition coefficient (Wildman–Crippen LogP) is 1.67. The number of carbonyl (C=O) groups is 1. The Labute approximate surface area is 78.7 Å². The summed E-state index contributed by atoms with van der Waals surface area (Å²) in [6, 6.07) is 0. The van der Waals surface area contributed by atoms with Gasteiger partial charge in [-0.1, -0.05) is 12.2 Å². The zero-order valence-electron chi connectivity index (χ0n) is 8.37. The van der Waals surface area contributed by atoms with Gasteiger partial charge in [0.2, 0.25) is 0 Å². The Balaban J connectivity index is 2.43. The number of rotatable bonds is 1. The predicted molar refractivity (Wildman–Crippen MR) is 49.3 cm³/mol. The van der Waals surface area contributed by atoms with E-state index in [0.29, 0.717) is 13.0 Å². The van der Waals surface area contributed by atoms with Gasteiger partial charge < -0.3 is 9.47 Å². The van der Waals surface area contributed by atoms with Gasteiger partial charge in [-0.15, -0.1) is 0 Å². The van der Waals surface area contributed by atoms with Crippen LogP contribution in [0.3, 0.4) is 0 Å². The first-order valence-corrected chi connectivity index (χ1v) is 4.48. The van der Waals surface area contributed by atoms with Crippen molar-refractivity contribution in [2.45, 2.75) is 38.9 Å². The van der Waals surface area contributed by atoms with E-state index in [-0.39, 0.29) is 5.97 Å². The molecule has 0 aromatic carbocycles. The van der Waals surface area contributed by atoms with Crippen molar-refractivity contribution < 1.29 is 14.3 Å². The number of ether oxygens (including phenoxy) is 2. The summed E-state index contributed by atoms with van der Waals surface area (Å²) in [4.78, 5) is 11.4. The summed E-state index contributed by atoms with van der Waals surface area (Å²) in [5.74, 6) is -0.267. The molecule has 0 saturated carbocycles. The average molecular weight is 184 g/mol. The summed E-state index contributed by atoms with van der Waals surface area (Å²) in [5.41, 5.74) is -0.429. The van der Waals surface area contributed by atoms with Crippen molar-refractivity contribution in [2.75, 3.05) is 6.61 Å². The maximum absolute atomic E-state index is 11.4. The first-order valence-electron chi connectivity index (χ1n) is 4.48. The molecule has 0 saturated heterocycles. The third-order valence-corrected chi connectivity index (χ3v) is 1.58. The zero-order chi connectivity index (χ0) is 9.90. The van der Waals surface area contributed by atoms with Crippen molar-refractivity contribution in [1.29, 1.82) is 0 Å². The fourth-order valence-corrected chi connectivity index (χ4v) is 1.06. The largest absolute Gasteiger partial charge is 0.458 e. The molecule has 1 aliphatic heterocycles. The first-order chi connectivity index (χ1) is 5.99. The molecule has 0 amide bonds. The Morgan fingerprint density at radius 1 is 1.46 bits per heavy atom. The maximum Gasteiger partial charge on any atom is 0.336 e. The molecule has 0 spiro atoms. The van der Waals surface area contributed by atoms with Crippen molar-refractivity contribution in [3.05, 3.63) is 12.2 Å². The number of carbonyl (C=O) groups excluding carboxylic acids is 1. The van der Waals surface area contributed by atoms with Crippen molar-refractivity contribution in [2.24, 2.45) is 0 Å². The molecule has 0 aromatic rings. The van der Waals surface area contributed by atoms with E-state index in [9.17, 15) is 4.79 Å². The molecule has 13 heavy (non-hydrogen) atoms. The first kappa shape index (κ1) is 10.3. The molecule has 0 N–H and O–H groups in total. The average Bonchev–Trinajstić information content (AvgIpc) is 2.03. The molecule has 3 nitrogen and oxygen atoms in total. The Morgan fingerprint density at radius 2 is 2.15 bits per heavy atom. The highest BCUT2D eigenvalue weighted by molar-refractivity contribution is 5.75. The minimum Gasteiger partial charge on any atom is -0.458 e. The number of hydrogen-bond donors (Lipinski definition) is 0. The SMILES string of the molecule is CC(C)(C)OC(=O)[C@H]1CC=CCO1. The van der Waals surface area contributed by atoms with Crippen LogP contribution in [0.1, 0.15) is 27.2 Å². The normalized spacial score (nSPS) is 22.8. The van der Waals surface area contributed by atoms with E-state index >= 15 is 0 Å². The molecule has 1 heterocycles. The quantitative estimate of drug-likeness (QED) is 0.459. The maximum atomic E-state index is 11.4. The van der Waals surface area contributed by atoms with Crippen LogP contribution in [-0.2, 0) is 14.3 Å². The van der Waals surface area contributed by atoms with Gasteiger partial charge in [0.25, 0.3) is 0 Å².